The summed E-state index contributed by atoms with van der Waals surface area (Å²) in [5.41, 5.74) is 5.09. The zero-order valence-electron chi connectivity index (χ0n) is 16.9. The normalized spacial score (nSPS) is 11.1. The molecular weight excluding hydrogens is 404 g/mol. The summed E-state index contributed by atoms with van der Waals surface area (Å²) in [7, 11) is 5.35. The molecule has 154 valence electrons. The minimum atomic E-state index is -0.344. The van der Waals surface area contributed by atoms with Gasteiger partial charge in [0.05, 0.1) is 42.3 Å². The molecule has 4 aromatic rings. The molecule has 0 atom stereocenters. The maximum Gasteiger partial charge on any atom is 0.312 e. The highest BCUT2D eigenvalue weighted by atomic mass is 35.5. The molecule has 0 saturated heterocycles. The summed E-state index contributed by atoms with van der Waals surface area (Å²) in [6, 6.07) is 13.1. The number of halogens is 1. The second-order valence-electron chi connectivity index (χ2n) is 7.01. The van der Waals surface area contributed by atoms with Crippen molar-refractivity contribution in [3.05, 3.63) is 65.1 Å². The van der Waals surface area contributed by atoms with Crippen LogP contribution in [0.2, 0.25) is 5.02 Å². The second-order valence-corrected chi connectivity index (χ2v) is 7.44. The van der Waals surface area contributed by atoms with E-state index in [0.717, 1.165) is 27.9 Å². The maximum absolute atomic E-state index is 12.3. The number of hydrogen-bond acceptors (Lipinski definition) is 5. The van der Waals surface area contributed by atoms with Crippen LogP contribution in [0, 0.1) is 0 Å². The van der Waals surface area contributed by atoms with Gasteiger partial charge in [0.1, 0.15) is 12.4 Å². The van der Waals surface area contributed by atoms with Crippen molar-refractivity contribution in [3.8, 4) is 17.0 Å². The van der Waals surface area contributed by atoms with Gasteiger partial charge in [0, 0.05) is 24.7 Å². The van der Waals surface area contributed by atoms with Gasteiger partial charge in [0.25, 0.3) is 0 Å². The number of rotatable bonds is 6. The van der Waals surface area contributed by atoms with Crippen LogP contribution in [0.5, 0.6) is 5.75 Å². The fraction of sp³-hybridized carbons (Fsp3) is 0.227. The smallest absolute Gasteiger partial charge is 0.312 e. The van der Waals surface area contributed by atoms with Gasteiger partial charge in [-0.2, -0.15) is 5.10 Å². The number of carbonyl (C=O) groups excluding carboxylic acids is 1. The van der Waals surface area contributed by atoms with Crippen molar-refractivity contribution in [1.82, 2.24) is 19.3 Å². The topological polar surface area (TPSA) is 71.2 Å². The number of benzene rings is 2. The van der Waals surface area contributed by atoms with Crippen LogP contribution in [0.3, 0.4) is 0 Å². The fourth-order valence-electron chi connectivity index (χ4n) is 3.38. The number of methoxy groups -OCH3 is 1. The molecule has 2 aromatic carbocycles. The molecule has 0 aliphatic heterocycles. The van der Waals surface area contributed by atoms with Gasteiger partial charge in [-0.15, -0.1) is 0 Å². The van der Waals surface area contributed by atoms with Crippen molar-refractivity contribution in [1.29, 1.82) is 0 Å². The minimum absolute atomic E-state index is 0.0789. The molecule has 8 heteroatoms. The van der Waals surface area contributed by atoms with Crippen LogP contribution in [0.25, 0.3) is 22.3 Å². The van der Waals surface area contributed by atoms with Gasteiger partial charge in [-0.05, 0) is 42.0 Å². The molecule has 0 bridgehead atoms. The molecule has 2 heterocycles. The van der Waals surface area contributed by atoms with Crippen LogP contribution in [0.4, 0.5) is 0 Å². The van der Waals surface area contributed by atoms with Gasteiger partial charge >= 0.3 is 5.97 Å². The molecule has 0 unspecified atom stereocenters. The number of carbonyl (C=O) groups is 1. The average Bonchev–Trinajstić information content (AvgIpc) is 3.28. The Labute approximate surface area is 178 Å². The molecule has 0 fully saturated rings. The number of esters is 1. The third-order valence-electron chi connectivity index (χ3n) is 4.89. The standard InChI is InChI=1S/C22H21ClN4O3/c1-26-13-24-18-8-14(4-7-19(18)26)12-30-22(28)11-16-10-20(27(2)25-16)17-6-5-15(23)9-21(17)29-3/h4-10,13H,11-12H2,1-3H3. The van der Waals surface area contributed by atoms with E-state index in [0.29, 0.717) is 16.5 Å². The van der Waals surface area contributed by atoms with E-state index in [1.54, 1.807) is 30.3 Å². The Morgan fingerprint density at radius 2 is 1.97 bits per heavy atom. The fourth-order valence-corrected chi connectivity index (χ4v) is 3.54. The number of aryl methyl sites for hydroxylation is 2. The minimum Gasteiger partial charge on any atom is -0.496 e. The lowest BCUT2D eigenvalue weighted by Gasteiger charge is -2.08. The molecule has 0 aliphatic carbocycles. The summed E-state index contributed by atoms with van der Waals surface area (Å²) >= 11 is 6.05. The van der Waals surface area contributed by atoms with Crippen molar-refractivity contribution in [2.45, 2.75) is 13.0 Å². The Balaban J connectivity index is 1.44. The highest BCUT2D eigenvalue weighted by Crippen LogP contribution is 2.32. The molecule has 0 radical (unpaired) electrons. The summed E-state index contributed by atoms with van der Waals surface area (Å²) in [6.45, 7) is 0.191. The predicted octanol–water partition coefficient (Wildman–Crippen LogP) is 3.92. The SMILES string of the molecule is COc1cc(Cl)ccc1-c1cc(CC(=O)OCc2ccc3c(c2)ncn3C)nn1C. The molecule has 0 aliphatic rings. The van der Waals surface area contributed by atoms with E-state index in [1.165, 1.54) is 0 Å². The Morgan fingerprint density at radius 3 is 2.77 bits per heavy atom. The van der Waals surface area contributed by atoms with Crippen LogP contribution in [0.15, 0.2) is 48.8 Å². The lowest BCUT2D eigenvalue weighted by Crippen LogP contribution is -2.08. The number of ether oxygens (including phenoxy) is 2. The predicted molar refractivity (Wildman–Crippen MR) is 114 cm³/mol. The van der Waals surface area contributed by atoms with Crippen molar-refractivity contribution in [2.75, 3.05) is 7.11 Å². The Morgan fingerprint density at radius 1 is 1.13 bits per heavy atom. The quantitative estimate of drug-likeness (QED) is 0.439. The van der Waals surface area contributed by atoms with E-state index >= 15 is 0 Å². The van der Waals surface area contributed by atoms with Crippen molar-refractivity contribution in [3.63, 3.8) is 0 Å². The molecule has 0 amide bonds. The molecule has 0 saturated carbocycles. The molecule has 2 aromatic heterocycles. The van der Waals surface area contributed by atoms with Gasteiger partial charge in [0.2, 0.25) is 0 Å². The summed E-state index contributed by atoms with van der Waals surface area (Å²) < 4.78 is 14.5. The summed E-state index contributed by atoms with van der Waals surface area (Å²) in [5, 5.41) is 5.03. The first-order valence-electron chi connectivity index (χ1n) is 9.37. The lowest BCUT2D eigenvalue weighted by molar-refractivity contribution is -0.144. The van der Waals surface area contributed by atoms with Gasteiger partial charge in [0.15, 0.2) is 0 Å². The summed E-state index contributed by atoms with van der Waals surface area (Å²) in [6.07, 6.45) is 1.84. The highest BCUT2D eigenvalue weighted by Gasteiger charge is 2.15. The van der Waals surface area contributed by atoms with Gasteiger partial charge < -0.3 is 14.0 Å². The Hall–Kier alpha value is -3.32. The maximum atomic E-state index is 12.3. The van der Waals surface area contributed by atoms with E-state index in [2.05, 4.69) is 10.1 Å². The number of fused-ring (bicyclic) bond motifs is 1. The molecule has 0 spiro atoms. The third kappa shape index (κ3) is 4.02. The van der Waals surface area contributed by atoms with Gasteiger partial charge in [-0.1, -0.05) is 17.7 Å². The van der Waals surface area contributed by atoms with Gasteiger partial charge in [-0.3, -0.25) is 9.48 Å². The number of aromatic nitrogens is 4. The van der Waals surface area contributed by atoms with E-state index in [9.17, 15) is 4.79 Å². The zero-order valence-corrected chi connectivity index (χ0v) is 17.7. The Bertz CT molecular complexity index is 1230. The van der Waals surface area contributed by atoms with Gasteiger partial charge in [-0.25, -0.2) is 4.98 Å². The molecule has 4 rings (SSSR count). The molecular formula is C22H21ClN4O3. The van der Waals surface area contributed by atoms with Crippen LogP contribution < -0.4 is 4.74 Å². The van der Waals surface area contributed by atoms with E-state index in [-0.39, 0.29) is 19.0 Å². The number of imidazole rings is 1. The number of nitrogens with zero attached hydrogens (tertiary/aromatic N) is 4. The summed E-state index contributed by atoms with van der Waals surface area (Å²) in [5.74, 6) is 0.299. The first-order chi connectivity index (χ1) is 14.4. The zero-order chi connectivity index (χ0) is 21.3. The van der Waals surface area contributed by atoms with E-state index in [1.807, 2.05) is 49.0 Å². The van der Waals surface area contributed by atoms with Crippen LogP contribution >= 0.6 is 11.6 Å². The average molecular weight is 425 g/mol. The monoisotopic (exact) mass is 424 g/mol. The van der Waals surface area contributed by atoms with Crippen LogP contribution in [-0.4, -0.2) is 32.4 Å². The van der Waals surface area contributed by atoms with E-state index < -0.39 is 0 Å². The van der Waals surface area contributed by atoms with Crippen molar-refractivity contribution in [2.24, 2.45) is 14.1 Å². The highest BCUT2D eigenvalue weighted by molar-refractivity contribution is 6.30. The summed E-state index contributed by atoms with van der Waals surface area (Å²) in [4.78, 5) is 16.7. The Kier molecular flexibility index (Phi) is 5.46. The first-order valence-corrected chi connectivity index (χ1v) is 9.75. The molecule has 7 nitrogen and oxygen atoms in total. The molecule has 0 N–H and O–H groups in total. The third-order valence-corrected chi connectivity index (χ3v) is 5.12. The van der Waals surface area contributed by atoms with Crippen molar-refractivity contribution < 1.29 is 14.3 Å². The second kappa shape index (κ2) is 8.20. The lowest BCUT2D eigenvalue weighted by atomic mass is 10.1. The first kappa shape index (κ1) is 20.0. The van der Waals surface area contributed by atoms with Crippen molar-refractivity contribution >= 4 is 28.6 Å². The van der Waals surface area contributed by atoms with E-state index in [4.69, 9.17) is 21.1 Å². The molecule has 30 heavy (non-hydrogen) atoms. The van der Waals surface area contributed by atoms with Crippen LogP contribution in [0.1, 0.15) is 11.3 Å². The van der Waals surface area contributed by atoms with Crippen LogP contribution in [-0.2, 0) is 36.7 Å². The largest absolute Gasteiger partial charge is 0.496 e. The number of hydrogen-bond donors (Lipinski definition) is 0.